The molecule has 0 amide bonds. The van der Waals surface area contributed by atoms with Crippen LogP contribution in [0.2, 0.25) is 0 Å². The van der Waals surface area contributed by atoms with Gasteiger partial charge in [0, 0.05) is 10.8 Å². The molecule has 0 aliphatic carbocycles. The summed E-state index contributed by atoms with van der Waals surface area (Å²) in [6.07, 6.45) is 0. The number of fused-ring (bicyclic) bond motifs is 2. The van der Waals surface area contributed by atoms with Crippen molar-refractivity contribution in [3.8, 4) is 0 Å². The molecule has 0 saturated heterocycles. The van der Waals surface area contributed by atoms with Crippen molar-refractivity contribution >= 4 is 28.3 Å². The number of nitrogens with zero attached hydrogens (tertiary/aromatic N) is 1. The Morgan fingerprint density at radius 1 is 0.944 bits per heavy atom. The molecule has 0 aliphatic rings. The van der Waals surface area contributed by atoms with Crippen LogP contribution in [-0.4, -0.2) is 18.6 Å². The average Bonchev–Trinajstić information content (AvgIpc) is 2.45. The fraction of sp³-hybridized carbons (Fsp3) is 0.0667. The van der Waals surface area contributed by atoms with Gasteiger partial charge in [-0.25, -0.2) is 4.98 Å². The van der Waals surface area contributed by atoms with Gasteiger partial charge in [-0.15, -0.1) is 0 Å². The highest BCUT2D eigenvalue weighted by atomic mass is 16.5. The predicted molar refractivity (Wildman–Crippen MR) is 72.3 cm³/mol. The van der Waals surface area contributed by atoms with E-state index in [1.807, 2.05) is 36.4 Å². The minimum Gasteiger partial charge on any atom is -0.471 e. The standard InChI is InChI=1S/C13H9N.C2H4O2/c1-3-7-12-10(5-1)9-11-6-2-4-8-13(11)14-12;1-4-2-3/h1-9H;2H,1H3. The van der Waals surface area contributed by atoms with E-state index in [-0.39, 0.29) is 0 Å². The van der Waals surface area contributed by atoms with Gasteiger partial charge in [-0.3, -0.25) is 4.79 Å². The lowest BCUT2D eigenvalue weighted by atomic mass is 10.1. The molecule has 3 aromatic rings. The number of rotatable bonds is 1. The number of para-hydroxylation sites is 2. The smallest absolute Gasteiger partial charge is 0.292 e. The highest BCUT2D eigenvalue weighted by molar-refractivity contribution is 5.92. The second kappa shape index (κ2) is 5.77. The third-order valence-corrected chi connectivity index (χ3v) is 2.52. The molecular weight excluding hydrogens is 226 g/mol. The van der Waals surface area contributed by atoms with Crippen molar-refractivity contribution in [3.63, 3.8) is 0 Å². The monoisotopic (exact) mass is 239 g/mol. The molecule has 90 valence electrons. The van der Waals surface area contributed by atoms with Crippen LogP contribution in [0.25, 0.3) is 21.8 Å². The van der Waals surface area contributed by atoms with Crippen LogP contribution in [-0.2, 0) is 9.53 Å². The summed E-state index contributed by atoms with van der Waals surface area (Å²) in [6, 6.07) is 18.6. The van der Waals surface area contributed by atoms with E-state index in [9.17, 15) is 0 Å². The summed E-state index contributed by atoms with van der Waals surface area (Å²) >= 11 is 0. The lowest BCUT2D eigenvalue weighted by Gasteiger charge is -1.99. The SMILES string of the molecule is COC=O.c1ccc2nc3ccccc3cc2c1. The van der Waals surface area contributed by atoms with Crippen molar-refractivity contribution in [1.29, 1.82) is 0 Å². The Morgan fingerprint density at radius 2 is 1.39 bits per heavy atom. The lowest BCUT2D eigenvalue weighted by molar-refractivity contribution is -0.126. The molecule has 0 saturated carbocycles. The molecule has 0 atom stereocenters. The molecule has 0 aliphatic heterocycles. The van der Waals surface area contributed by atoms with Crippen LogP contribution in [0.1, 0.15) is 0 Å². The minimum absolute atomic E-state index is 0.375. The second-order valence-corrected chi connectivity index (χ2v) is 3.71. The second-order valence-electron chi connectivity index (χ2n) is 3.71. The van der Waals surface area contributed by atoms with Gasteiger partial charge in [0.1, 0.15) is 0 Å². The molecule has 3 heteroatoms. The molecule has 2 aromatic carbocycles. The van der Waals surface area contributed by atoms with Crippen LogP contribution in [0.3, 0.4) is 0 Å². The molecule has 3 rings (SSSR count). The van der Waals surface area contributed by atoms with Crippen molar-refractivity contribution in [2.45, 2.75) is 0 Å². The average molecular weight is 239 g/mol. The third kappa shape index (κ3) is 2.63. The first kappa shape index (κ1) is 12.0. The van der Waals surface area contributed by atoms with E-state index < -0.39 is 0 Å². The van der Waals surface area contributed by atoms with Gasteiger partial charge in [0.2, 0.25) is 0 Å². The zero-order chi connectivity index (χ0) is 12.8. The first-order valence-electron chi connectivity index (χ1n) is 5.56. The topological polar surface area (TPSA) is 39.2 Å². The highest BCUT2D eigenvalue weighted by Gasteiger charge is 1.96. The van der Waals surface area contributed by atoms with Crippen LogP contribution < -0.4 is 0 Å². The van der Waals surface area contributed by atoms with Gasteiger partial charge in [-0.05, 0) is 18.2 Å². The van der Waals surface area contributed by atoms with E-state index in [2.05, 4.69) is 27.9 Å². The van der Waals surface area contributed by atoms with Crippen molar-refractivity contribution in [1.82, 2.24) is 4.98 Å². The van der Waals surface area contributed by atoms with E-state index in [0.717, 1.165) is 11.0 Å². The molecule has 0 N–H and O–H groups in total. The van der Waals surface area contributed by atoms with Gasteiger partial charge in [0.25, 0.3) is 6.47 Å². The minimum atomic E-state index is 0.375. The van der Waals surface area contributed by atoms with Gasteiger partial charge < -0.3 is 4.74 Å². The highest BCUT2D eigenvalue weighted by Crippen LogP contribution is 2.18. The fourth-order valence-electron chi connectivity index (χ4n) is 1.72. The summed E-state index contributed by atoms with van der Waals surface area (Å²) in [5, 5.41) is 2.40. The van der Waals surface area contributed by atoms with Crippen LogP contribution >= 0.6 is 0 Å². The largest absolute Gasteiger partial charge is 0.471 e. The maximum Gasteiger partial charge on any atom is 0.292 e. The first-order chi connectivity index (χ1) is 8.85. The number of pyridine rings is 1. The Bertz CT molecular complexity index is 560. The van der Waals surface area contributed by atoms with Crippen molar-refractivity contribution in [3.05, 3.63) is 54.6 Å². The maximum absolute atomic E-state index is 8.95. The summed E-state index contributed by atoms with van der Waals surface area (Å²) in [5.74, 6) is 0. The number of hydrogen-bond donors (Lipinski definition) is 0. The number of aromatic nitrogens is 1. The molecule has 18 heavy (non-hydrogen) atoms. The Labute approximate surface area is 105 Å². The normalized spacial score (nSPS) is 9.61. The quantitative estimate of drug-likeness (QED) is 0.483. The molecule has 3 nitrogen and oxygen atoms in total. The molecule has 1 heterocycles. The third-order valence-electron chi connectivity index (χ3n) is 2.52. The van der Waals surface area contributed by atoms with Gasteiger partial charge in [-0.2, -0.15) is 0 Å². The summed E-state index contributed by atoms with van der Waals surface area (Å²) in [5.41, 5.74) is 2.12. The zero-order valence-corrected chi connectivity index (χ0v) is 10.0. The van der Waals surface area contributed by atoms with E-state index in [0.29, 0.717) is 6.47 Å². The Hall–Kier alpha value is -2.42. The van der Waals surface area contributed by atoms with Gasteiger partial charge in [0.05, 0.1) is 18.1 Å². The molecule has 0 spiro atoms. The molecular formula is C15H13NO2. The number of carbonyl (C=O) groups is 1. The molecule has 0 bridgehead atoms. The Kier molecular flexibility index (Phi) is 3.86. The van der Waals surface area contributed by atoms with Crippen molar-refractivity contribution in [2.24, 2.45) is 0 Å². The van der Waals surface area contributed by atoms with E-state index >= 15 is 0 Å². The number of methoxy groups -OCH3 is 1. The fourth-order valence-corrected chi connectivity index (χ4v) is 1.72. The van der Waals surface area contributed by atoms with E-state index in [1.165, 1.54) is 17.9 Å². The maximum atomic E-state index is 8.95. The van der Waals surface area contributed by atoms with Crippen LogP contribution in [0.5, 0.6) is 0 Å². The van der Waals surface area contributed by atoms with Gasteiger partial charge in [-0.1, -0.05) is 36.4 Å². The lowest BCUT2D eigenvalue weighted by Crippen LogP contribution is -1.80. The molecule has 0 unspecified atom stereocenters. The van der Waals surface area contributed by atoms with E-state index in [4.69, 9.17) is 4.79 Å². The summed E-state index contributed by atoms with van der Waals surface area (Å²) in [4.78, 5) is 13.5. The summed E-state index contributed by atoms with van der Waals surface area (Å²) in [7, 11) is 1.31. The van der Waals surface area contributed by atoms with Crippen LogP contribution in [0.4, 0.5) is 0 Å². The molecule has 0 fully saturated rings. The Balaban J connectivity index is 0.000000267. The Morgan fingerprint density at radius 3 is 1.83 bits per heavy atom. The van der Waals surface area contributed by atoms with E-state index in [1.54, 1.807) is 0 Å². The first-order valence-corrected chi connectivity index (χ1v) is 5.56. The van der Waals surface area contributed by atoms with Gasteiger partial charge >= 0.3 is 0 Å². The van der Waals surface area contributed by atoms with Crippen molar-refractivity contribution < 1.29 is 9.53 Å². The molecule has 0 radical (unpaired) electrons. The van der Waals surface area contributed by atoms with Crippen LogP contribution in [0.15, 0.2) is 54.6 Å². The van der Waals surface area contributed by atoms with Crippen LogP contribution in [0, 0.1) is 0 Å². The number of benzene rings is 2. The molecule has 1 aromatic heterocycles. The van der Waals surface area contributed by atoms with Crippen molar-refractivity contribution in [2.75, 3.05) is 7.11 Å². The number of ether oxygens (including phenoxy) is 1. The predicted octanol–water partition coefficient (Wildman–Crippen LogP) is 3.18. The number of hydrogen-bond acceptors (Lipinski definition) is 3. The zero-order valence-electron chi connectivity index (χ0n) is 10.0. The summed E-state index contributed by atoms with van der Waals surface area (Å²) in [6.45, 7) is 0.375. The number of carbonyl (C=O) groups excluding carboxylic acids is 1. The summed E-state index contributed by atoms with van der Waals surface area (Å²) < 4.78 is 3.86. The van der Waals surface area contributed by atoms with Gasteiger partial charge in [0.15, 0.2) is 0 Å².